The van der Waals surface area contributed by atoms with Crippen molar-refractivity contribution >= 4 is 52.1 Å². The van der Waals surface area contributed by atoms with Crippen LogP contribution in [0.4, 0.5) is 5.69 Å². The molecule has 1 amide bonds. The van der Waals surface area contributed by atoms with Crippen LogP contribution in [0.25, 0.3) is 5.70 Å². The normalized spacial score (nSPS) is 13.9. The molecule has 0 spiro atoms. The second-order valence-corrected chi connectivity index (χ2v) is 10.1. The second kappa shape index (κ2) is 13.4. The Kier molecular flexibility index (Phi) is 9.68. The van der Waals surface area contributed by atoms with E-state index in [0.717, 1.165) is 36.1 Å². The van der Waals surface area contributed by atoms with Gasteiger partial charge in [-0.15, -0.1) is 0 Å². The molecule has 0 unspecified atom stereocenters. The Balaban J connectivity index is 0.000000333. The third-order valence-electron chi connectivity index (χ3n) is 6.27. The molecule has 5 rings (SSSR count). The first kappa shape index (κ1) is 28.3. The number of likely N-dealkylation sites (N-methyl/N-ethyl adjacent to an activating group) is 1. The zero-order chi connectivity index (χ0) is 27.8. The van der Waals surface area contributed by atoms with Crippen molar-refractivity contribution < 1.29 is 19.1 Å². The minimum absolute atomic E-state index is 0.118. The fraction of sp³-hybridized carbons (Fsp3) is 0.233. The molecule has 3 aromatic carbocycles. The van der Waals surface area contributed by atoms with Crippen LogP contribution < -0.4 is 19.7 Å². The van der Waals surface area contributed by atoms with Gasteiger partial charge in [-0.2, -0.15) is 0 Å². The van der Waals surface area contributed by atoms with E-state index < -0.39 is 0 Å². The summed E-state index contributed by atoms with van der Waals surface area (Å²) in [5, 5.41) is 4.01. The Morgan fingerprint density at radius 2 is 1.92 bits per heavy atom. The number of halogens is 1. The number of anilines is 1. The predicted octanol–water partition coefficient (Wildman–Crippen LogP) is 6.00. The number of thioether (sulfide) groups is 1. The van der Waals surface area contributed by atoms with E-state index in [1.165, 1.54) is 23.0 Å². The van der Waals surface area contributed by atoms with Crippen molar-refractivity contribution in [1.82, 2.24) is 5.32 Å². The van der Waals surface area contributed by atoms with Crippen LogP contribution in [0.2, 0.25) is 5.02 Å². The molecule has 202 valence electrons. The van der Waals surface area contributed by atoms with Gasteiger partial charge in [-0.1, -0.05) is 59.8 Å². The molecule has 0 aliphatic carbocycles. The summed E-state index contributed by atoms with van der Waals surface area (Å²) in [7, 11) is 2.11. The van der Waals surface area contributed by atoms with E-state index >= 15 is 0 Å². The standard InChI is InChI=1S/C23H25N3O3S.C7H5ClO/c1-4-18(16-6-7-19-17(13-16)9-10-26(19)2)24-23(30-3)25-22(27)12-15-5-8-20-21(11-15)29-14-28-20;8-7-4-2-1-3-6(7)5-9/h4-8,11,13H,9-10,12,14H2,1-3H3,(H,24,25,27);1-5H/b18-4+;. The summed E-state index contributed by atoms with van der Waals surface area (Å²) in [6, 6.07) is 18.9. The maximum absolute atomic E-state index is 12.6. The third kappa shape index (κ3) is 7.22. The molecule has 2 aliphatic rings. The molecule has 0 aromatic heterocycles. The van der Waals surface area contributed by atoms with Gasteiger partial charge < -0.3 is 19.7 Å². The summed E-state index contributed by atoms with van der Waals surface area (Å²) in [5.74, 6) is 1.27. The van der Waals surface area contributed by atoms with Crippen LogP contribution >= 0.6 is 23.4 Å². The lowest BCUT2D eigenvalue weighted by molar-refractivity contribution is -0.119. The van der Waals surface area contributed by atoms with Crippen LogP contribution in [0.5, 0.6) is 11.5 Å². The molecule has 0 saturated heterocycles. The highest BCUT2D eigenvalue weighted by Crippen LogP contribution is 2.33. The van der Waals surface area contributed by atoms with E-state index in [0.29, 0.717) is 27.3 Å². The van der Waals surface area contributed by atoms with Crippen LogP contribution in [0.15, 0.2) is 71.7 Å². The lowest BCUT2D eigenvalue weighted by atomic mass is 10.1. The number of nitrogens with zero attached hydrogens (tertiary/aromatic N) is 2. The maximum atomic E-state index is 12.6. The predicted molar refractivity (Wildman–Crippen MR) is 159 cm³/mol. The summed E-state index contributed by atoms with van der Waals surface area (Å²) in [6.45, 7) is 3.23. The SMILES string of the molecule is C/C=C(/N=C(NC(=O)Cc1ccc2c(c1)OCO2)SC)c1ccc2c(c1)CCN2C.O=Cc1ccccc1Cl. The number of amides is 1. The molecule has 39 heavy (non-hydrogen) atoms. The highest BCUT2D eigenvalue weighted by atomic mass is 35.5. The van der Waals surface area contributed by atoms with Gasteiger partial charge >= 0.3 is 0 Å². The number of aliphatic imine (C=N–C) groups is 1. The third-order valence-corrected chi connectivity index (χ3v) is 7.20. The summed E-state index contributed by atoms with van der Waals surface area (Å²) in [5.41, 5.74) is 5.93. The van der Waals surface area contributed by atoms with E-state index in [1.54, 1.807) is 24.3 Å². The first-order valence-corrected chi connectivity index (χ1v) is 14.0. The molecule has 0 saturated carbocycles. The van der Waals surface area contributed by atoms with Crippen molar-refractivity contribution in [2.24, 2.45) is 4.99 Å². The Bertz CT molecular complexity index is 1420. The number of hydrogen-bond acceptors (Lipinski definition) is 7. The van der Waals surface area contributed by atoms with Crippen molar-refractivity contribution in [3.63, 3.8) is 0 Å². The van der Waals surface area contributed by atoms with Gasteiger partial charge in [0.2, 0.25) is 12.7 Å². The quantitative estimate of drug-likeness (QED) is 0.233. The van der Waals surface area contributed by atoms with E-state index in [1.807, 2.05) is 37.5 Å². The van der Waals surface area contributed by atoms with Crippen molar-refractivity contribution in [2.75, 3.05) is 31.5 Å². The van der Waals surface area contributed by atoms with Gasteiger partial charge in [0.05, 0.1) is 17.1 Å². The number of allylic oxidation sites excluding steroid dienone is 1. The molecular weight excluding hydrogens is 534 g/mol. The number of nitrogens with one attached hydrogen (secondary N) is 1. The number of benzene rings is 3. The summed E-state index contributed by atoms with van der Waals surface area (Å²) in [6.07, 6.45) is 5.90. The van der Waals surface area contributed by atoms with Crippen LogP contribution in [0, 0.1) is 0 Å². The van der Waals surface area contributed by atoms with Crippen LogP contribution in [0.3, 0.4) is 0 Å². The van der Waals surface area contributed by atoms with Gasteiger partial charge in [-0.3, -0.25) is 9.59 Å². The summed E-state index contributed by atoms with van der Waals surface area (Å²) in [4.78, 5) is 29.7. The van der Waals surface area contributed by atoms with Gasteiger partial charge in [0.15, 0.2) is 23.0 Å². The van der Waals surface area contributed by atoms with Gasteiger partial charge in [-0.25, -0.2) is 4.99 Å². The molecule has 1 N–H and O–H groups in total. The molecule has 0 radical (unpaired) electrons. The number of amidine groups is 1. The fourth-order valence-corrected chi connectivity index (χ4v) is 4.81. The molecule has 0 bridgehead atoms. The Labute approximate surface area is 237 Å². The monoisotopic (exact) mass is 563 g/mol. The van der Waals surface area contributed by atoms with Crippen molar-refractivity contribution in [3.8, 4) is 11.5 Å². The first-order chi connectivity index (χ1) is 18.9. The number of carbonyl (C=O) groups is 2. The highest BCUT2D eigenvalue weighted by molar-refractivity contribution is 8.13. The molecule has 0 atom stereocenters. The largest absolute Gasteiger partial charge is 0.454 e. The highest BCUT2D eigenvalue weighted by Gasteiger charge is 2.17. The Morgan fingerprint density at radius 3 is 2.64 bits per heavy atom. The number of fused-ring (bicyclic) bond motifs is 2. The van der Waals surface area contributed by atoms with E-state index in [4.69, 9.17) is 26.1 Å². The van der Waals surface area contributed by atoms with E-state index in [2.05, 4.69) is 35.5 Å². The molecule has 2 aliphatic heterocycles. The fourth-order valence-electron chi connectivity index (χ4n) is 4.23. The smallest absolute Gasteiger partial charge is 0.231 e. The molecule has 3 aromatic rings. The Morgan fingerprint density at radius 1 is 1.13 bits per heavy atom. The minimum atomic E-state index is -0.118. The number of carbonyl (C=O) groups excluding carboxylic acids is 2. The number of hydrogen-bond donors (Lipinski definition) is 1. The maximum Gasteiger partial charge on any atom is 0.231 e. The number of rotatable bonds is 5. The second-order valence-electron chi connectivity index (χ2n) is 8.86. The van der Waals surface area contributed by atoms with Gasteiger partial charge in [0.1, 0.15) is 0 Å². The van der Waals surface area contributed by atoms with Gasteiger partial charge in [-0.05, 0) is 61.1 Å². The average Bonchev–Trinajstić information content (AvgIpc) is 3.57. The molecule has 9 heteroatoms. The summed E-state index contributed by atoms with van der Waals surface area (Å²) < 4.78 is 10.7. The molecule has 7 nitrogen and oxygen atoms in total. The van der Waals surface area contributed by atoms with E-state index in [9.17, 15) is 9.59 Å². The zero-order valence-corrected chi connectivity index (χ0v) is 23.6. The van der Waals surface area contributed by atoms with Crippen molar-refractivity contribution in [2.45, 2.75) is 19.8 Å². The lowest BCUT2D eigenvalue weighted by Crippen LogP contribution is -2.29. The molecular formula is C30H30ClN3O4S. The van der Waals surface area contributed by atoms with E-state index in [-0.39, 0.29) is 19.1 Å². The van der Waals surface area contributed by atoms with Crippen LogP contribution in [-0.2, 0) is 17.6 Å². The summed E-state index contributed by atoms with van der Waals surface area (Å²) >= 11 is 7.01. The number of aldehydes is 1. The van der Waals surface area contributed by atoms with Crippen LogP contribution in [0.1, 0.15) is 34.0 Å². The van der Waals surface area contributed by atoms with Gasteiger partial charge in [0, 0.05) is 30.4 Å². The Hall–Kier alpha value is -3.75. The average molecular weight is 564 g/mol. The van der Waals surface area contributed by atoms with Crippen molar-refractivity contribution in [1.29, 1.82) is 0 Å². The topological polar surface area (TPSA) is 80.2 Å². The van der Waals surface area contributed by atoms with Crippen molar-refractivity contribution in [3.05, 3.63) is 94.0 Å². The minimum Gasteiger partial charge on any atom is -0.454 e. The van der Waals surface area contributed by atoms with Crippen LogP contribution in [-0.4, -0.2) is 44.0 Å². The first-order valence-electron chi connectivity index (χ1n) is 12.4. The molecule has 0 fully saturated rings. The number of ether oxygens (including phenoxy) is 2. The van der Waals surface area contributed by atoms with Gasteiger partial charge in [0.25, 0.3) is 0 Å². The lowest BCUT2D eigenvalue weighted by Gasteiger charge is -2.13. The molecule has 2 heterocycles. The zero-order valence-electron chi connectivity index (χ0n) is 22.1.